The molecule has 0 radical (unpaired) electrons. The topological polar surface area (TPSA) is 85.3 Å². The van der Waals surface area contributed by atoms with E-state index in [9.17, 15) is 14.7 Å². The van der Waals surface area contributed by atoms with Crippen LogP contribution in [0.5, 0.6) is 11.5 Å². The van der Waals surface area contributed by atoms with E-state index in [2.05, 4.69) is 6.92 Å². The van der Waals surface area contributed by atoms with Crippen LogP contribution in [0.3, 0.4) is 0 Å². The Kier molecular flexibility index (Phi) is 9.73. The fourth-order valence-electron chi connectivity index (χ4n) is 4.18. The molecular formula is C28H35NO6. The van der Waals surface area contributed by atoms with Crippen molar-refractivity contribution in [1.29, 1.82) is 0 Å². The maximum absolute atomic E-state index is 13.1. The fraction of sp³-hybridized carbons (Fsp3) is 0.429. The van der Waals surface area contributed by atoms with Gasteiger partial charge in [0.15, 0.2) is 0 Å². The summed E-state index contributed by atoms with van der Waals surface area (Å²) in [6.07, 6.45) is 3.71. The first-order valence-electron chi connectivity index (χ1n) is 12.2. The van der Waals surface area contributed by atoms with Crippen LogP contribution in [0.1, 0.15) is 56.7 Å². The van der Waals surface area contributed by atoms with Gasteiger partial charge in [0.25, 0.3) is 11.7 Å². The molecule has 1 aliphatic heterocycles. The molecule has 0 bridgehead atoms. The largest absolute Gasteiger partial charge is 0.507 e. The molecule has 7 nitrogen and oxygen atoms in total. The predicted molar refractivity (Wildman–Crippen MR) is 135 cm³/mol. The van der Waals surface area contributed by atoms with E-state index in [0.717, 1.165) is 19.3 Å². The number of Topliss-reactive ketones (excluding diaryl/α,β-unsaturated/α-hetero) is 1. The first kappa shape index (κ1) is 26.3. The van der Waals surface area contributed by atoms with Crippen molar-refractivity contribution >= 4 is 17.4 Å². The van der Waals surface area contributed by atoms with Crippen LogP contribution in [-0.4, -0.2) is 55.2 Å². The summed E-state index contributed by atoms with van der Waals surface area (Å²) in [6, 6.07) is 13.5. The zero-order valence-corrected chi connectivity index (χ0v) is 20.8. The van der Waals surface area contributed by atoms with Gasteiger partial charge in [-0.25, -0.2) is 0 Å². The Bertz CT molecular complexity index is 1030. The number of methoxy groups -OCH3 is 1. The Balaban J connectivity index is 2.00. The van der Waals surface area contributed by atoms with Gasteiger partial charge in [0.1, 0.15) is 17.3 Å². The third-order valence-corrected chi connectivity index (χ3v) is 5.92. The lowest BCUT2D eigenvalue weighted by Crippen LogP contribution is -2.31. The van der Waals surface area contributed by atoms with E-state index in [1.54, 1.807) is 31.4 Å². The van der Waals surface area contributed by atoms with Crippen LogP contribution in [-0.2, 0) is 14.3 Å². The van der Waals surface area contributed by atoms with Crippen LogP contribution in [0.2, 0.25) is 0 Å². The summed E-state index contributed by atoms with van der Waals surface area (Å²) in [5.74, 6) is -0.212. The molecule has 1 amide bonds. The van der Waals surface area contributed by atoms with Crippen LogP contribution in [0.25, 0.3) is 5.76 Å². The summed E-state index contributed by atoms with van der Waals surface area (Å²) in [6.45, 7) is 5.92. The molecule has 1 saturated heterocycles. The van der Waals surface area contributed by atoms with Crippen LogP contribution in [0.4, 0.5) is 0 Å². The molecule has 0 saturated carbocycles. The SMILES string of the molecule is CCCCCOc1cccc(C2C(=C(O)c3ccc(OCC)cc3)C(=O)C(=O)N2CCCOC)c1. The van der Waals surface area contributed by atoms with Crippen LogP contribution in [0.15, 0.2) is 54.1 Å². The van der Waals surface area contributed by atoms with E-state index in [-0.39, 0.29) is 11.3 Å². The van der Waals surface area contributed by atoms with Gasteiger partial charge in [0, 0.05) is 25.8 Å². The highest BCUT2D eigenvalue weighted by atomic mass is 16.5. The Morgan fingerprint density at radius 1 is 0.943 bits per heavy atom. The number of nitrogens with zero attached hydrogens (tertiary/aromatic N) is 1. The van der Waals surface area contributed by atoms with Crippen molar-refractivity contribution in [1.82, 2.24) is 4.90 Å². The monoisotopic (exact) mass is 481 g/mol. The molecule has 1 heterocycles. The summed E-state index contributed by atoms with van der Waals surface area (Å²) in [7, 11) is 1.59. The standard InChI is InChI=1S/C28H35NO6/c1-4-6-7-18-35-23-11-8-10-21(19-23)25-24(27(31)28(32)29(25)16-9-17-33-3)26(30)20-12-14-22(15-13-20)34-5-2/h8,10-15,19,25,30H,4-7,9,16-18H2,1-3H3. The lowest BCUT2D eigenvalue weighted by molar-refractivity contribution is -0.140. The molecule has 0 aliphatic carbocycles. The second kappa shape index (κ2) is 13.0. The number of hydrogen-bond acceptors (Lipinski definition) is 6. The minimum atomic E-state index is -0.724. The zero-order chi connectivity index (χ0) is 25.2. The lowest BCUT2D eigenvalue weighted by atomic mass is 9.95. The van der Waals surface area contributed by atoms with Gasteiger partial charge in [-0.1, -0.05) is 31.9 Å². The van der Waals surface area contributed by atoms with Crippen molar-refractivity contribution in [3.05, 3.63) is 65.2 Å². The predicted octanol–water partition coefficient (Wildman–Crippen LogP) is 5.11. The van der Waals surface area contributed by atoms with E-state index in [1.165, 1.54) is 4.90 Å². The van der Waals surface area contributed by atoms with Crippen molar-refractivity contribution in [3.8, 4) is 11.5 Å². The van der Waals surface area contributed by atoms with Gasteiger partial charge in [-0.15, -0.1) is 0 Å². The first-order valence-corrected chi connectivity index (χ1v) is 12.2. The van der Waals surface area contributed by atoms with E-state index in [1.807, 2.05) is 31.2 Å². The Morgan fingerprint density at radius 2 is 1.71 bits per heavy atom. The summed E-state index contributed by atoms with van der Waals surface area (Å²) < 4.78 is 16.5. The third-order valence-electron chi connectivity index (χ3n) is 5.92. The molecule has 0 spiro atoms. The second-order valence-electron chi connectivity index (χ2n) is 8.42. The van der Waals surface area contributed by atoms with E-state index >= 15 is 0 Å². The molecule has 1 N–H and O–H groups in total. The number of carbonyl (C=O) groups excluding carboxylic acids is 2. The third kappa shape index (κ3) is 6.42. The van der Waals surface area contributed by atoms with Gasteiger partial charge in [-0.2, -0.15) is 0 Å². The molecule has 3 rings (SSSR count). The summed E-state index contributed by atoms with van der Waals surface area (Å²) in [5, 5.41) is 11.2. The number of rotatable bonds is 13. The van der Waals surface area contributed by atoms with Crippen molar-refractivity contribution in [3.63, 3.8) is 0 Å². The van der Waals surface area contributed by atoms with Crippen LogP contribution < -0.4 is 9.47 Å². The number of ketones is 1. The fourth-order valence-corrected chi connectivity index (χ4v) is 4.18. The molecule has 2 aromatic rings. The summed E-state index contributed by atoms with van der Waals surface area (Å²) >= 11 is 0. The minimum Gasteiger partial charge on any atom is -0.507 e. The molecule has 1 atom stereocenters. The van der Waals surface area contributed by atoms with E-state index in [4.69, 9.17) is 14.2 Å². The normalized spacial score (nSPS) is 17.1. The van der Waals surface area contributed by atoms with Crippen LogP contribution >= 0.6 is 0 Å². The Hall–Kier alpha value is -3.32. The van der Waals surface area contributed by atoms with Gasteiger partial charge in [0.05, 0.1) is 24.8 Å². The average molecular weight is 482 g/mol. The molecule has 7 heteroatoms. The highest BCUT2D eigenvalue weighted by Crippen LogP contribution is 2.40. The van der Waals surface area contributed by atoms with Gasteiger partial charge >= 0.3 is 0 Å². The van der Waals surface area contributed by atoms with Gasteiger partial charge in [-0.05, 0) is 61.7 Å². The smallest absolute Gasteiger partial charge is 0.295 e. The number of hydrogen-bond donors (Lipinski definition) is 1. The quantitative estimate of drug-likeness (QED) is 0.185. The van der Waals surface area contributed by atoms with Gasteiger partial charge in [-0.3, -0.25) is 9.59 Å². The number of carbonyl (C=O) groups is 2. The van der Waals surface area contributed by atoms with Crippen LogP contribution in [0, 0.1) is 0 Å². The number of aliphatic hydroxyl groups is 1. The van der Waals surface area contributed by atoms with Crippen molar-refractivity contribution in [2.45, 2.75) is 45.6 Å². The van der Waals surface area contributed by atoms with Gasteiger partial charge < -0.3 is 24.2 Å². The molecule has 188 valence electrons. The zero-order valence-electron chi connectivity index (χ0n) is 20.8. The van der Waals surface area contributed by atoms with E-state index in [0.29, 0.717) is 55.4 Å². The number of amides is 1. The number of benzene rings is 2. The number of likely N-dealkylation sites (tertiary alicyclic amines) is 1. The maximum atomic E-state index is 13.1. The minimum absolute atomic E-state index is 0.0692. The van der Waals surface area contributed by atoms with Crippen molar-refractivity contribution in [2.75, 3.05) is 33.5 Å². The summed E-state index contributed by atoms with van der Waals surface area (Å²) in [5.41, 5.74) is 1.22. The molecule has 1 fully saturated rings. The van der Waals surface area contributed by atoms with Gasteiger partial charge in [0.2, 0.25) is 0 Å². The molecular weight excluding hydrogens is 446 g/mol. The molecule has 1 aliphatic rings. The summed E-state index contributed by atoms with van der Waals surface area (Å²) in [4.78, 5) is 27.7. The lowest BCUT2D eigenvalue weighted by Gasteiger charge is -2.25. The molecule has 2 aromatic carbocycles. The number of ether oxygens (including phenoxy) is 3. The highest BCUT2D eigenvalue weighted by Gasteiger charge is 2.45. The molecule has 35 heavy (non-hydrogen) atoms. The van der Waals surface area contributed by atoms with E-state index < -0.39 is 17.7 Å². The maximum Gasteiger partial charge on any atom is 0.295 e. The number of aliphatic hydroxyl groups excluding tert-OH is 1. The van der Waals surface area contributed by atoms with Crippen molar-refractivity contribution in [2.24, 2.45) is 0 Å². The Labute approximate surface area is 207 Å². The molecule has 1 unspecified atom stereocenters. The van der Waals surface area contributed by atoms with Crippen molar-refractivity contribution < 1.29 is 28.9 Å². The Morgan fingerprint density at radius 3 is 2.40 bits per heavy atom. The average Bonchev–Trinajstić information content (AvgIpc) is 3.12. The second-order valence-corrected chi connectivity index (χ2v) is 8.42. The number of unbranched alkanes of at least 4 members (excludes halogenated alkanes) is 2. The molecule has 0 aromatic heterocycles. The highest BCUT2D eigenvalue weighted by molar-refractivity contribution is 6.46. The first-order chi connectivity index (χ1) is 17.0.